The first-order valence-electron chi connectivity index (χ1n) is 11.6. The number of ether oxygens (including phenoxy) is 6. The normalized spacial score (nSPS) is 20.2. The number of nitrogens with zero attached hydrogens (tertiary/aromatic N) is 2. The van der Waals surface area contributed by atoms with Crippen LogP contribution in [-0.4, -0.2) is 71.3 Å². The Morgan fingerprint density at radius 2 is 1.50 bits per heavy atom. The number of likely N-dealkylation sites (N-methyl/N-ethyl adjacent to an activating group) is 2. The van der Waals surface area contributed by atoms with Crippen molar-refractivity contribution in [2.75, 3.05) is 61.5 Å². The van der Waals surface area contributed by atoms with Crippen LogP contribution in [0.2, 0.25) is 0 Å². The molecule has 34 heavy (non-hydrogen) atoms. The fourth-order valence-electron chi connectivity index (χ4n) is 5.20. The summed E-state index contributed by atoms with van der Waals surface area (Å²) in [5.41, 5.74) is 10.9. The molecule has 0 fully saturated rings. The minimum Gasteiger partial charge on any atom is -0.492 e. The summed E-state index contributed by atoms with van der Waals surface area (Å²) in [6, 6.07) is 4.33. The van der Waals surface area contributed by atoms with Gasteiger partial charge in [-0.25, -0.2) is 0 Å². The van der Waals surface area contributed by atoms with E-state index in [9.17, 15) is 0 Å². The lowest BCUT2D eigenvalue weighted by molar-refractivity contribution is 0.170. The lowest BCUT2D eigenvalue weighted by Gasteiger charge is -2.35. The molecule has 1 atom stereocenters. The molecule has 2 aromatic carbocycles. The van der Waals surface area contributed by atoms with E-state index in [-0.39, 0.29) is 12.8 Å². The van der Waals surface area contributed by atoms with Crippen LogP contribution < -0.4 is 34.2 Å². The highest BCUT2D eigenvalue weighted by Crippen LogP contribution is 2.49. The molecule has 4 aliphatic heterocycles. The molecule has 9 heteroatoms. The number of fused-ring (bicyclic) bond motifs is 4. The molecule has 9 nitrogen and oxygen atoms in total. The third-order valence-electron chi connectivity index (χ3n) is 6.98. The van der Waals surface area contributed by atoms with E-state index >= 15 is 0 Å². The second kappa shape index (κ2) is 9.40. The van der Waals surface area contributed by atoms with Crippen molar-refractivity contribution in [3.05, 3.63) is 34.4 Å². The molecule has 2 aromatic rings. The fourth-order valence-corrected chi connectivity index (χ4v) is 5.20. The highest BCUT2D eigenvalue weighted by Gasteiger charge is 2.33. The molecular formula is C25H33N3O6. The zero-order valence-electron chi connectivity index (χ0n) is 20.3. The van der Waals surface area contributed by atoms with Crippen LogP contribution in [0.25, 0.3) is 0 Å². The number of hydrogen-bond acceptors (Lipinski definition) is 9. The highest BCUT2D eigenvalue weighted by molar-refractivity contribution is 5.62. The van der Waals surface area contributed by atoms with E-state index in [1.165, 1.54) is 16.7 Å². The van der Waals surface area contributed by atoms with Crippen molar-refractivity contribution in [3.63, 3.8) is 0 Å². The average Bonchev–Trinajstić information content (AvgIpc) is 3.51. The Balaban J connectivity index is 0.000000142. The van der Waals surface area contributed by atoms with Crippen molar-refractivity contribution < 1.29 is 28.4 Å². The maximum absolute atomic E-state index is 5.91. The van der Waals surface area contributed by atoms with Crippen LogP contribution in [0.15, 0.2) is 12.1 Å². The van der Waals surface area contributed by atoms with Gasteiger partial charge in [-0.2, -0.15) is 0 Å². The van der Waals surface area contributed by atoms with Crippen molar-refractivity contribution >= 4 is 0 Å². The summed E-state index contributed by atoms with van der Waals surface area (Å²) < 4.78 is 32.9. The predicted molar refractivity (Wildman–Crippen MR) is 126 cm³/mol. The summed E-state index contributed by atoms with van der Waals surface area (Å²) in [5, 5.41) is 0. The molecule has 0 amide bonds. The molecule has 4 aliphatic rings. The van der Waals surface area contributed by atoms with E-state index in [0.717, 1.165) is 66.8 Å². The van der Waals surface area contributed by atoms with Gasteiger partial charge in [-0.15, -0.1) is 0 Å². The maximum Gasteiger partial charge on any atom is 0.231 e. The first kappa shape index (κ1) is 22.9. The summed E-state index contributed by atoms with van der Waals surface area (Å²) in [7, 11) is 7.56. The van der Waals surface area contributed by atoms with Gasteiger partial charge in [0.15, 0.2) is 23.0 Å². The molecule has 0 saturated carbocycles. The minimum atomic E-state index is 0.179. The van der Waals surface area contributed by atoms with E-state index in [2.05, 4.69) is 36.0 Å². The van der Waals surface area contributed by atoms with E-state index in [1.807, 2.05) is 0 Å². The molecule has 2 N–H and O–H groups in total. The van der Waals surface area contributed by atoms with Crippen LogP contribution in [0.3, 0.4) is 0 Å². The first-order valence-corrected chi connectivity index (χ1v) is 11.6. The zero-order chi connectivity index (χ0) is 23.8. The summed E-state index contributed by atoms with van der Waals surface area (Å²) >= 11 is 0. The standard InChI is InChI=1S/C13H18N2O3.C12H15NO3/c1-15-4-3-8-5-10-12(18-7-17-10)13(16-2)11(8)9(15)6-14;1-13-4-3-8-5-10-12(16-7-15-10)11(14-2)9(8)6-13/h5,9H,3-4,6-7,14H2,1-2H3;5H,3-4,6-7H2,1-2H3. The summed E-state index contributed by atoms with van der Waals surface area (Å²) in [4.78, 5) is 4.54. The summed E-state index contributed by atoms with van der Waals surface area (Å²) in [5.74, 6) is 4.70. The van der Waals surface area contributed by atoms with Gasteiger partial charge >= 0.3 is 0 Å². The quantitative estimate of drug-likeness (QED) is 0.725. The van der Waals surface area contributed by atoms with Gasteiger partial charge in [0.1, 0.15) is 0 Å². The van der Waals surface area contributed by atoms with Crippen molar-refractivity contribution in [1.29, 1.82) is 0 Å². The Labute approximate surface area is 200 Å². The van der Waals surface area contributed by atoms with Crippen LogP contribution in [0.1, 0.15) is 28.3 Å². The van der Waals surface area contributed by atoms with E-state index < -0.39 is 0 Å². The molecule has 0 aliphatic carbocycles. The van der Waals surface area contributed by atoms with Gasteiger partial charge < -0.3 is 39.1 Å². The second-order valence-corrected chi connectivity index (χ2v) is 8.97. The molecule has 0 radical (unpaired) electrons. The van der Waals surface area contributed by atoms with Gasteiger partial charge in [-0.05, 0) is 50.2 Å². The molecular weight excluding hydrogens is 438 g/mol. The number of benzene rings is 2. The number of methoxy groups -OCH3 is 2. The van der Waals surface area contributed by atoms with Crippen LogP contribution in [0.5, 0.6) is 34.5 Å². The van der Waals surface area contributed by atoms with Crippen molar-refractivity contribution in [1.82, 2.24) is 9.80 Å². The maximum atomic E-state index is 5.91. The van der Waals surface area contributed by atoms with Crippen molar-refractivity contribution in [2.24, 2.45) is 5.73 Å². The summed E-state index contributed by atoms with van der Waals surface area (Å²) in [6.07, 6.45) is 2.02. The second-order valence-electron chi connectivity index (χ2n) is 8.97. The molecule has 0 bridgehead atoms. The molecule has 184 valence electrons. The van der Waals surface area contributed by atoms with Gasteiger partial charge in [0.05, 0.1) is 20.3 Å². The van der Waals surface area contributed by atoms with Crippen molar-refractivity contribution in [3.8, 4) is 34.5 Å². The van der Waals surface area contributed by atoms with E-state index in [0.29, 0.717) is 19.1 Å². The first-order chi connectivity index (χ1) is 16.5. The van der Waals surface area contributed by atoms with Gasteiger partial charge in [-0.1, -0.05) is 0 Å². The Kier molecular flexibility index (Phi) is 6.33. The fraction of sp³-hybridized carbons (Fsp3) is 0.520. The van der Waals surface area contributed by atoms with Crippen LogP contribution in [-0.2, 0) is 19.4 Å². The van der Waals surface area contributed by atoms with Gasteiger partial charge in [0, 0.05) is 37.3 Å². The Bertz CT molecular complexity index is 1080. The monoisotopic (exact) mass is 471 g/mol. The smallest absolute Gasteiger partial charge is 0.231 e. The SMILES string of the molecule is COc1c2c(cc3c1C(CN)N(C)CC3)OCO2.COc1c2c(cc3c1OCO3)CCN(C)C2. The third-order valence-corrected chi connectivity index (χ3v) is 6.98. The Hall–Kier alpha value is -2.88. The minimum absolute atomic E-state index is 0.179. The third kappa shape index (κ3) is 3.87. The average molecular weight is 472 g/mol. The molecule has 4 heterocycles. The highest BCUT2D eigenvalue weighted by atomic mass is 16.7. The van der Waals surface area contributed by atoms with Gasteiger partial charge in [0.2, 0.25) is 25.1 Å². The molecule has 0 aromatic heterocycles. The topological polar surface area (TPSA) is 87.9 Å². The van der Waals surface area contributed by atoms with E-state index in [1.54, 1.807) is 14.2 Å². The molecule has 1 unspecified atom stereocenters. The Morgan fingerprint density at radius 1 is 0.882 bits per heavy atom. The predicted octanol–water partition coefficient (Wildman–Crippen LogP) is 2.32. The molecule has 0 saturated heterocycles. The van der Waals surface area contributed by atoms with Gasteiger partial charge in [-0.3, -0.25) is 4.90 Å². The lowest BCUT2D eigenvalue weighted by atomic mass is 9.91. The van der Waals surface area contributed by atoms with Crippen molar-refractivity contribution in [2.45, 2.75) is 25.4 Å². The number of hydrogen-bond donors (Lipinski definition) is 1. The van der Waals surface area contributed by atoms with Gasteiger partial charge in [0.25, 0.3) is 0 Å². The van der Waals surface area contributed by atoms with Crippen LogP contribution in [0.4, 0.5) is 0 Å². The number of nitrogens with two attached hydrogens (primary N) is 1. The lowest BCUT2D eigenvalue weighted by Crippen LogP contribution is -2.36. The van der Waals surface area contributed by atoms with Crippen LogP contribution in [0, 0.1) is 0 Å². The Morgan fingerprint density at radius 3 is 2.15 bits per heavy atom. The molecule has 0 spiro atoms. The number of rotatable bonds is 3. The van der Waals surface area contributed by atoms with E-state index in [4.69, 9.17) is 34.2 Å². The zero-order valence-corrected chi connectivity index (χ0v) is 20.3. The molecule has 6 rings (SSSR count). The largest absolute Gasteiger partial charge is 0.492 e. The van der Waals surface area contributed by atoms with Crippen LogP contribution >= 0.6 is 0 Å². The summed E-state index contributed by atoms with van der Waals surface area (Å²) in [6.45, 7) is 4.12.